The summed E-state index contributed by atoms with van der Waals surface area (Å²) in [7, 11) is 1.17. The number of carbonyl (C=O) groups is 8. The average molecular weight is 805 g/mol. The van der Waals surface area contributed by atoms with Gasteiger partial charge in [-0.05, 0) is 35.8 Å². The van der Waals surface area contributed by atoms with E-state index in [4.69, 9.17) is 4.74 Å². The van der Waals surface area contributed by atoms with Crippen LogP contribution < -0.4 is 16.0 Å². The Morgan fingerprint density at radius 2 is 1.57 bits per heavy atom. The minimum Gasteiger partial charge on any atom is -0.467 e. The summed E-state index contributed by atoms with van der Waals surface area (Å²) in [5.41, 5.74) is 2.11. The van der Waals surface area contributed by atoms with Crippen molar-refractivity contribution >= 4 is 47.4 Å². The summed E-state index contributed by atoms with van der Waals surface area (Å²) in [4.78, 5) is 119. The number of nitrogens with one attached hydrogen (secondary N) is 3. The first-order valence-electron chi connectivity index (χ1n) is 19.6. The fourth-order valence-electron chi connectivity index (χ4n) is 7.16. The molecule has 6 amide bonds. The van der Waals surface area contributed by atoms with Crippen molar-refractivity contribution in [1.29, 1.82) is 0 Å². The summed E-state index contributed by atoms with van der Waals surface area (Å²) >= 11 is 0. The number of esters is 1. The van der Waals surface area contributed by atoms with Crippen LogP contribution >= 0.6 is 0 Å². The standard InChI is InChI=1S/C40H52N8O10/c1-7-10-27(33(49)38(54)48-21-30(48)39(55)57-6)43-35(51)29-17-26(58-40(56)46-16-13-24-11-8-9-12-25(24)19-46)20-47(29)37(53)32(23(4)5)45-36(52)31(22(2)3)44-34(50)28-18-41-14-15-42-28/h8-9,11-12,14-15,18,22-23,26-27,29-32H,7,10,13,16-17,19-21H2,1-6H3,(H,43,51)(H,44,50)(H,45,52)/t26-,27+,29+,30?,31+,32?,48?/m1/s1. The number of rotatable bonds is 15. The molecule has 2 saturated heterocycles. The molecule has 0 saturated carbocycles. The molecule has 0 radical (unpaired) electrons. The van der Waals surface area contributed by atoms with Gasteiger partial charge in [-0.1, -0.05) is 65.3 Å². The Hall–Kier alpha value is -5.94. The average Bonchev–Trinajstić information content (AvgIpc) is 3.91. The summed E-state index contributed by atoms with van der Waals surface area (Å²) in [6.45, 7) is 9.16. The number of Topliss-reactive ketones (excluding diaryl/α,β-unsaturated/α-hetero) is 1. The number of fused-ring (bicyclic) bond motifs is 1. The maximum Gasteiger partial charge on any atom is 0.410 e. The van der Waals surface area contributed by atoms with Crippen molar-refractivity contribution in [3.05, 3.63) is 59.7 Å². The SMILES string of the molecule is CCC[C@H](NC(=O)[C@@H]1C[C@@H](OC(=O)N2CCc3ccccc3C2)CN1C(=O)C(NC(=O)[C@@H](NC(=O)c1cnccn1)C(C)C)C(C)C)C(=O)C(=O)N1CC1C(=O)OC. The van der Waals surface area contributed by atoms with Crippen molar-refractivity contribution in [2.45, 2.75) is 103 Å². The van der Waals surface area contributed by atoms with Crippen molar-refractivity contribution < 1.29 is 47.8 Å². The summed E-state index contributed by atoms with van der Waals surface area (Å²) in [6.07, 6.45) is 3.43. The fourth-order valence-corrected chi connectivity index (χ4v) is 7.16. The summed E-state index contributed by atoms with van der Waals surface area (Å²) in [6, 6.07) is 2.06. The van der Waals surface area contributed by atoms with E-state index >= 15 is 0 Å². The van der Waals surface area contributed by atoms with Crippen LogP contribution in [0.25, 0.3) is 0 Å². The number of amides is 6. The van der Waals surface area contributed by atoms with E-state index in [9.17, 15) is 38.4 Å². The number of nitrogens with zero attached hydrogens (tertiary/aromatic N) is 5. The summed E-state index contributed by atoms with van der Waals surface area (Å²) in [5, 5.41) is 8.08. The molecule has 1 aromatic heterocycles. The van der Waals surface area contributed by atoms with Crippen LogP contribution in [0.3, 0.4) is 0 Å². The highest BCUT2D eigenvalue weighted by Gasteiger charge is 2.50. The van der Waals surface area contributed by atoms with Crippen molar-refractivity contribution in [3.8, 4) is 0 Å². The lowest BCUT2D eigenvalue weighted by Gasteiger charge is -2.32. The third-order valence-corrected chi connectivity index (χ3v) is 10.5. The number of benzene rings is 1. The predicted molar refractivity (Wildman–Crippen MR) is 205 cm³/mol. The van der Waals surface area contributed by atoms with Gasteiger partial charge >= 0.3 is 12.1 Å². The lowest BCUT2D eigenvalue weighted by molar-refractivity contribution is -0.147. The van der Waals surface area contributed by atoms with Gasteiger partial charge in [0.25, 0.3) is 11.8 Å². The molecule has 3 N–H and O–H groups in total. The van der Waals surface area contributed by atoms with Gasteiger partial charge < -0.3 is 40.1 Å². The molecule has 18 nitrogen and oxygen atoms in total. The molecular weight excluding hydrogens is 752 g/mol. The molecule has 312 valence electrons. The van der Waals surface area contributed by atoms with Gasteiger partial charge in [0.2, 0.25) is 23.5 Å². The highest BCUT2D eigenvalue weighted by Crippen LogP contribution is 2.27. The van der Waals surface area contributed by atoms with Crippen LogP contribution in [-0.4, -0.2) is 135 Å². The van der Waals surface area contributed by atoms with E-state index < -0.39 is 95.5 Å². The number of likely N-dealkylation sites (tertiary alicyclic amines) is 1. The molecule has 0 spiro atoms. The van der Waals surface area contributed by atoms with Gasteiger partial charge in [0.15, 0.2) is 0 Å². The minimum absolute atomic E-state index is 0.00290. The molecular formula is C40H52N8O10. The van der Waals surface area contributed by atoms with Crippen LogP contribution in [0.4, 0.5) is 4.79 Å². The number of hydrogen-bond donors (Lipinski definition) is 3. The monoisotopic (exact) mass is 804 g/mol. The quantitative estimate of drug-likeness (QED) is 0.129. The number of aromatic nitrogens is 2. The van der Waals surface area contributed by atoms with E-state index in [0.717, 1.165) is 16.0 Å². The van der Waals surface area contributed by atoms with Gasteiger partial charge in [-0.3, -0.25) is 33.8 Å². The van der Waals surface area contributed by atoms with Gasteiger partial charge in [-0.25, -0.2) is 14.6 Å². The molecule has 58 heavy (non-hydrogen) atoms. The zero-order valence-electron chi connectivity index (χ0n) is 33.6. The Morgan fingerprint density at radius 3 is 2.21 bits per heavy atom. The van der Waals surface area contributed by atoms with E-state index in [1.807, 2.05) is 24.3 Å². The Kier molecular flexibility index (Phi) is 14.1. The van der Waals surface area contributed by atoms with Crippen molar-refractivity contribution in [2.75, 3.05) is 26.7 Å². The van der Waals surface area contributed by atoms with Crippen molar-refractivity contribution in [1.82, 2.24) is 40.6 Å². The number of ether oxygens (including phenoxy) is 2. The van der Waals surface area contributed by atoms with Crippen LogP contribution in [0.2, 0.25) is 0 Å². The minimum atomic E-state index is -1.28. The molecule has 6 atom stereocenters. The molecule has 18 heteroatoms. The van der Waals surface area contributed by atoms with Gasteiger partial charge in [-0.15, -0.1) is 0 Å². The molecule has 0 bridgehead atoms. The maximum atomic E-state index is 14.5. The molecule has 2 aromatic rings. The van der Waals surface area contributed by atoms with E-state index in [0.29, 0.717) is 25.9 Å². The number of ketones is 1. The second kappa shape index (κ2) is 19.0. The van der Waals surface area contributed by atoms with Crippen LogP contribution in [0.1, 0.15) is 75.5 Å². The van der Waals surface area contributed by atoms with Crippen molar-refractivity contribution in [3.63, 3.8) is 0 Å². The van der Waals surface area contributed by atoms with Crippen molar-refractivity contribution in [2.24, 2.45) is 11.8 Å². The third kappa shape index (κ3) is 10.1. The lowest BCUT2D eigenvalue weighted by atomic mass is 9.98. The third-order valence-electron chi connectivity index (χ3n) is 10.5. The molecule has 3 aliphatic rings. The van der Waals surface area contributed by atoms with Gasteiger partial charge in [0, 0.05) is 31.9 Å². The molecule has 4 heterocycles. The molecule has 0 aliphatic carbocycles. The van der Waals surface area contributed by atoms with E-state index in [2.05, 4.69) is 30.7 Å². The van der Waals surface area contributed by atoms with E-state index in [1.54, 1.807) is 39.5 Å². The van der Waals surface area contributed by atoms with Crippen LogP contribution in [0, 0.1) is 11.8 Å². The van der Waals surface area contributed by atoms with E-state index in [1.165, 1.54) is 30.6 Å². The smallest absolute Gasteiger partial charge is 0.410 e. The molecule has 1 aromatic carbocycles. The second-order valence-corrected chi connectivity index (χ2v) is 15.4. The molecule has 2 unspecified atom stereocenters. The predicted octanol–water partition coefficient (Wildman–Crippen LogP) is 0.774. The fraction of sp³-hybridized carbons (Fsp3) is 0.550. The first-order chi connectivity index (χ1) is 27.6. The van der Waals surface area contributed by atoms with Crippen LogP contribution in [0.15, 0.2) is 42.9 Å². The summed E-state index contributed by atoms with van der Waals surface area (Å²) in [5.74, 6) is -6.17. The first kappa shape index (κ1) is 43.2. The first-order valence-corrected chi connectivity index (χ1v) is 19.6. The Morgan fingerprint density at radius 1 is 0.862 bits per heavy atom. The number of methoxy groups -OCH3 is 1. The Labute approximate surface area is 336 Å². The highest BCUT2D eigenvalue weighted by atomic mass is 16.6. The number of carbonyl (C=O) groups excluding carboxylic acids is 8. The Bertz CT molecular complexity index is 1890. The molecule has 3 aliphatic heterocycles. The number of hydrogen-bond acceptors (Lipinski definition) is 12. The molecule has 2 fully saturated rings. The summed E-state index contributed by atoms with van der Waals surface area (Å²) < 4.78 is 10.6. The second-order valence-electron chi connectivity index (χ2n) is 15.4. The van der Waals surface area contributed by atoms with Gasteiger partial charge in [0.1, 0.15) is 36.0 Å². The van der Waals surface area contributed by atoms with Crippen LogP contribution in [0.5, 0.6) is 0 Å². The Balaban J connectivity index is 1.35. The highest BCUT2D eigenvalue weighted by molar-refractivity contribution is 6.39. The largest absolute Gasteiger partial charge is 0.467 e. The van der Waals surface area contributed by atoms with Gasteiger partial charge in [0.05, 0.1) is 32.4 Å². The van der Waals surface area contributed by atoms with Crippen LogP contribution in [-0.2, 0) is 51.2 Å². The lowest BCUT2D eigenvalue weighted by Crippen LogP contribution is -2.59. The van der Waals surface area contributed by atoms with Gasteiger partial charge in [-0.2, -0.15) is 0 Å². The van der Waals surface area contributed by atoms with E-state index in [-0.39, 0.29) is 31.6 Å². The maximum absolute atomic E-state index is 14.5. The molecule has 5 rings (SSSR count). The zero-order chi connectivity index (χ0) is 42.3. The normalized spacial score (nSPS) is 20.0. The topological polar surface area (TPSA) is 226 Å². The zero-order valence-corrected chi connectivity index (χ0v) is 33.6.